The molecule has 0 N–H and O–H groups in total. The molecule has 2 aliphatic rings. The third-order valence-corrected chi connectivity index (χ3v) is 3.11. The Morgan fingerprint density at radius 3 is 3.00 bits per heavy atom. The van der Waals surface area contributed by atoms with E-state index in [0.717, 1.165) is 19.5 Å². The summed E-state index contributed by atoms with van der Waals surface area (Å²) < 4.78 is 5.31. The van der Waals surface area contributed by atoms with Gasteiger partial charge in [0.05, 0.1) is 0 Å². The second-order valence-electron chi connectivity index (χ2n) is 4.14. The Bertz CT molecular complexity index is 205. The van der Waals surface area contributed by atoms with E-state index in [1.54, 1.807) is 0 Å². The van der Waals surface area contributed by atoms with Crippen molar-refractivity contribution >= 4 is 5.97 Å². The number of hydrogen-bond donors (Lipinski definition) is 0. The van der Waals surface area contributed by atoms with Crippen molar-refractivity contribution in [2.75, 3.05) is 19.6 Å². The van der Waals surface area contributed by atoms with E-state index in [1.165, 1.54) is 26.3 Å². The first-order chi connectivity index (χ1) is 6.25. The number of fused-ring (bicyclic) bond motifs is 2. The van der Waals surface area contributed by atoms with Crippen molar-refractivity contribution in [3.63, 3.8) is 0 Å². The molecule has 74 valence electrons. The summed E-state index contributed by atoms with van der Waals surface area (Å²) in [7, 11) is 0. The van der Waals surface area contributed by atoms with Crippen LogP contribution in [0, 0.1) is 5.92 Å². The molecule has 0 spiro atoms. The highest BCUT2D eigenvalue weighted by Crippen LogP contribution is 2.28. The molecule has 0 amide bonds. The van der Waals surface area contributed by atoms with Crippen molar-refractivity contribution in [3.05, 3.63) is 0 Å². The fourth-order valence-corrected chi connectivity index (χ4v) is 2.51. The van der Waals surface area contributed by atoms with Gasteiger partial charge in [0.2, 0.25) is 0 Å². The van der Waals surface area contributed by atoms with E-state index in [1.807, 2.05) is 0 Å². The van der Waals surface area contributed by atoms with Crippen molar-refractivity contribution in [2.45, 2.75) is 32.3 Å². The minimum atomic E-state index is -0.121. The SMILES string of the molecule is CC(=O)OC1CCN2CCCC1C2. The van der Waals surface area contributed by atoms with Crippen LogP contribution >= 0.6 is 0 Å². The van der Waals surface area contributed by atoms with E-state index in [4.69, 9.17) is 4.74 Å². The Balaban J connectivity index is 1.93. The number of carbonyl (C=O) groups is 1. The lowest BCUT2D eigenvalue weighted by molar-refractivity contribution is -0.153. The molecule has 2 bridgehead atoms. The molecule has 3 heteroatoms. The van der Waals surface area contributed by atoms with Gasteiger partial charge in [-0.1, -0.05) is 0 Å². The first-order valence-electron chi connectivity index (χ1n) is 5.15. The third kappa shape index (κ3) is 2.02. The summed E-state index contributed by atoms with van der Waals surface area (Å²) in [4.78, 5) is 13.3. The number of esters is 1. The molecule has 3 nitrogen and oxygen atoms in total. The van der Waals surface area contributed by atoms with Crippen LogP contribution in [0.5, 0.6) is 0 Å². The summed E-state index contributed by atoms with van der Waals surface area (Å²) in [6, 6.07) is 0. The predicted octanol–water partition coefficient (Wildman–Crippen LogP) is 1.03. The van der Waals surface area contributed by atoms with Gasteiger partial charge in [-0.05, 0) is 25.8 Å². The zero-order chi connectivity index (χ0) is 9.26. The van der Waals surface area contributed by atoms with Gasteiger partial charge in [0.25, 0.3) is 0 Å². The van der Waals surface area contributed by atoms with E-state index in [-0.39, 0.29) is 12.1 Å². The number of ether oxygens (including phenoxy) is 1. The van der Waals surface area contributed by atoms with E-state index in [0.29, 0.717) is 5.92 Å². The zero-order valence-electron chi connectivity index (χ0n) is 8.16. The van der Waals surface area contributed by atoms with E-state index < -0.39 is 0 Å². The molecule has 2 saturated heterocycles. The zero-order valence-corrected chi connectivity index (χ0v) is 8.16. The molecule has 2 aliphatic heterocycles. The topological polar surface area (TPSA) is 29.5 Å². The fraction of sp³-hybridized carbons (Fsp3) is 0.900. The summed E-state index contributed by atoms with van der Waals surface area (Å²) in [5, 5.41) is 0. The summed E-state index contributed by atoms with van der Waals surface area (Å²) in [6.45, 7) is 4.99. The number of hydrogen-bond acceptors (Lipinski definition) is 3. The first kappa shape index (κ1) is 9.00. The standard InChI is InChI=1S/C10H17NO2/c1-8(12)13-10-4-6-11-5-2-3-9(10)7-11/h9-10H,2-7H2,1H3. The average molecular weight is 183 g/mol. The van der Waals surface area contributed by atoms with Gasteiger partial charge in [-0.2, -0.15) is 0 Å². The Hall–Kier alpha value is -0.570. The third-order valence-electron chi connectivity index (χ3n) is 3.11. The molecule has 0 aromatic rings. The molecule has 0 aliphatic carbocycles. The van der Waals surface area contributed by atoms with Crippen LogP contribution in [0.4, 0.5) is 0 Å². The van der Waals surface area contributed by atoms with Crippen LogP contribution in [0.1, 0.15) is 26.2 Å². The Labute approximate surface area is 79.0 Å². The van der Waals surface area contributed by atoms with Crippen molar-refractivity contribution in [1.29, 1.82) is 0 Å². The fourth-order valence-electron chi connectivity index (χ4n) is 2.51. The smallest absolute Gasteiger partial charge is 0.302 e. The summed E-state index contributed by atoms with van der Waals surface area (Å²) in [5.41, 5.74) is 0. The highest BCUT2D eigenvalue weighted by atomic mass is 16.5. The molecule has 0 aromatic carbocycles. The lowest BCUT2D eigenvalue weighted by Crippen LogP contribution is -2.48. The van der Waals surface area contributed by atoms with E-state index in [2.05, 4.69) is 4.90 Å². The average Bonchev–Trinajstić information content (AvgIpc) is 2.10. The molecule has 3 atom stereocenters. The largest absolute Gasteiger partial charge is 0.462 e. The molecule has 2 heterocycles. The normalized spacial score (nSPS) is 38.4. The maximum absolute atomic E-state index is 10.8. The van der Waals surface area contributed by atoms with Gasteiger partial charge in [0.1, 0.15) is 6.10 Å². The monoisotopic (exact) mass is 183 g/mol. The van der Waals surface area contributed by atoms with Gasteiger partial charge >= 0.3 is 5.97 Å². The van der Waals surface area contributed by atoms with Crippen LogP contribution in [0.25, 0.3) is 0 Å². The number of piperidine rings is 2. The van der Waals surface area contributed by atoms with Crippen molar-refractivity contribution < 1.29 is 9.53 Å². The molecule has 2 rings (SSSR count). The van der Waals surface area contributed by atoms with E-state index in [9.17, 15) is 4.79 Å². The van der Waals surface area contributed by atoms with Crippen LogP contribution < -0.4 is 0 Å². The van der Waals surface area contributed by atoms with Gasteiger partial charge in [-0.3, -0.25) is 4.79 Å². The second kappa shape index (κ2) is 3.66. The maximum atomic E-state index is 10.8. The molecular formula is C10H17NO2. The van der Waals surface area contributed by atoms with Crippen molar-refractivity contribution in [1.82, 2.24) is 4.90 Å². The minimum absolute atomic E-state index is 0.121. The van der Waals surface area contributed by atoms with Crippen LogP contribution in [0.2, 0.25) is 0 Å². The summed E-state index contributed by atoms with van der Waals surface area (Å²) in [6.07, 6.45) is 3.73. The van der Waals surface area contributed by atoms with E-state index >= 15 is 0 Å². The van der Waals surface area contributed by atoms with Gasteiger partial charge < -0.3 is 9.64 Å². The highest BCUT2D eigenvalue weighted by Gasteiger charge is 2.33. The molecule has 0 aromatic heterocycles. The quantitative estimate of drug-likeness (QED) is 0.569. The minimum Gasteiger partial charge on any atom is -0.462 e. The lowest BCUT2D eigenvalue weighted by atomic mass is 9.87. The lowest BCUT2D eigenvalue weighted by Gasteiger charge is -2.41. The number of rotatable bonds is 1. The molecule has 0 saturated carbocycles. The van der Waals surface area contributed by atoms with Gasteiger partial charge in [-0.15, -0.1) is 0 Å². The Kier molecular flexibility index (Phi) is 2.54. The van der Waals surface area contributed by atoms with Crippen LogP contribution in [-0.4, -0.2) is 36.6 Å². The van der Waals surface area contributed by atoms with Crippen LogP contribution in [-0.2, 0) is 9.53 Å². The van der Waals surface area contributed by atoms with Crippen LogP contribution in [0.3, 0.4) is 0 Å². The highest BCUT2D eigenvalue weighted by molar-refractivity contribution is 5.66. The van der Waals surface area contributed by atoms with Crippen molar-refractivity contribution in [2.24, 2.45) is 5.92 Å². The molecule has 13 heavy (non-hydrogen) atoms. The predicted molar refractivity (Wildman–Crippen MR) is 49.3 cm³/mol. The second-order valence-corrected chi connectivity index (χ2v) is 4.14. The first-order valence-corrected chi connectivity index (χ1v) is 5.15. The molecule has 0 radical (unpaired) electrons. The van der Waals surface area contributed by atoms with Gasteiger partial charge in [0, 0.05) is 25.9 Å². The Morgan fingerprint density at radius 1 is 1.38 bits per heavy atom. The maximum Gasteiger partial charge on any atom is 0.302 e. The Morgan fingerprint density at radius 2 is 2.23 bits per heavy atom. The molecular weight excluding hydrogens is 166 g/mol. The summed E-state index contributed by atoms with van der Waals surface area (Å²) >= 11 is 0. The summed E-state index contributed by atoms with van der Waals surface area (Å²) in [5.74, 6) is 0.482. The number of nitrogens with zero attached hydrogens (tertiary/aromatic N) is 1. The molecule has 2 fully saturated rings. The van der Waals surface area contributed by atoms with Crippen LogP contribution in [0.15, 0.2) is 0 Å². The van der Waals surface area contributed by atoms with Crippen molar-refractivity contribution in [3.8, 4) is 0 Å². The van der Waals surface area contributed by atoms with Gasteiger partial charge in [0.15, 0.2) is 0 Å². The van der Waals surface area contributed by atoms with Gasteiger partial charge in [-0.25, -0.2) is 0 Å². The molecule has 3 unspecified atom stereocenters. The number of carbonyl (C=O) groups excluding carboxylic acids is 1.